The molecule has 2 heterocycles. The summed E-state index contributed by atoms with van der Waals surface area (Å²) in [5, 5.41) is 20.3. The third kappa shape index (κ3) is 3.34. The van der Waals surface area contributed by atoms with Crippen LogP contribution >= 0.6 is 0 Å². The van der Waals surface area contributed by atoms with Gasteiger partial charge in [-0.25, -0.2) is 10.5 Å². The van der Waals surface area contributed by atoms with E-state index in [1.54, 1.807) is 0 Å². The average Bonchev–Trinajstić information content (AvgIpc) is 2.80. The van der Waals surface area contributed by atoms with Crippen molar-refractivity contribution in [3.05, 3.63) is 29.1 Å². The van der Waals surface area contributed by atoms with Crippen LogP contribution in [0.5, 0.6) is 0 Å². The molecule has 8 nitrogen and oxygen atoms in total. The summed E-state index contributed by atoms with van der Waals surface area (Å²) in [7, 11) is 0. The van der Waals surface area contributed by atoms with E-state index in [4.69, 9.17) is 10.3 Å². The smallest absolute Gasteiger partial charge is 0.303 e. The minimum Gasteiger partial charge on any atom is -0.481 e. The van der Waals surface area contributed by atoms with Crippen molar-refractivity contribution in [2.24, 2.45) is 0 Å². The maximum atomic E-state index is 11.1. The van der Waals surface area contributed by atoms with Crippen LogP contribution in [0.3, 0.4) is 0 Å². The molecule has 0 saturated heterocycles. The van der Waals surface area contributed by atoms with E-state index in [0.29, 0.717) is 17.2 Å². The van der Waals surface area contributed by atoms with Crippen LogP contribution in [0.25, 0.3) is 5.65 Å². The lowest BCUT2D eigenvalue weighted by molar-refractivity contribution is -0.137. The van der Waals surface area contributed by atoms with Crippen LogP contribution in [0.4, 0.5) is 5.82 Å². The van der Waals surface area contributed by atoms with Crippen LogP contribution in [-0.2, 0) is 16.0 Å². The molecule has 0 aliphatic heterocycles. The fourth-order valence-electron chi connectivity index (χ4n) is 2.40. The molecule has 2 rings (SSSR count). The monoisotopic (exact) mass is 306 g/mol. The predicted molar refractivity (Wildman–Crippen MR) is 79.0 cm³/mol. The Labute approximate surface area is 126 Å². The molecule has 0 saturated carbocycles. The van der Waals surface area contributed by atoms with Crippen molar-refractivity contribution in [3.8, 4) is 0 Å². The molecule has 0 unspecified atom stereocenters. The molecule has 1 amide bonds. The van der Waals surface area contributed by atoms with Crippen molar-refractivity contribution >= 4 is 23.3 Å². The van der Waals surface area contributed by atoms with E-state index < -0.39 is 11.9 Å². The lowest BCUT2D eigenvalue weighted by atomic mass is 10.2. The van der Waals surface area contributed by atoms with Gasteiger partial charge in [-0.1, -0.05) is 0 Å². The van der Waals surface area contributed by atoms with Crippen molar-refractivity contribution in [2.75, 3.05) is 11.9 Å². The lowest BCUT2D eigenvalue weighted by Gasteiger charge is -2.08. The van der Waals surface area contributed by atoms with Crippen LogP contribution < -0.4 is 10.8 Å². The summed E-state index contributed by atoms with van der Waals surface area (Å²) in [5.41, 5.74) is 4.88. The maximum Gasteiger partial charge on any atom is 0.303 e. The van der Waals surface area contributed by atoms with E-state index >= 15 is 0 Å². The van der Waals surface area contributed by atoms with E-state index in [-0.39, 0.29) is 19.4 Å². The maximum absolute atomic E-state index is 11.1. The number of nitrogens with one attached hydrogen (secondary N) is 2. The van der Waals surface area contributed by atoms with E-state index in [9.17, 15) is 9.59 Å². The first kappa shape index (κ1) is 15.8. The number of aryl methyl sites for hydroxylation is 3. The van der Waals surface area contributed by atoms with Crippen molar-refractivity contribution < 1.29 is 19.9 Å². The van der Waals surface area contributed by atoms with Crippen LogP contribution in [-0.4, -0.2) is 38.1 Å². The number of aromatic nitrogens is 2. The number of rotatable bonds is 6. The third-order valence-corrected chi connectivity index (χ3v) is 3.26. The van der Waals surface area contributed by atoms with Gasteiger partial charge >= 0.3 is 5.97 Å². The summed E-state index contributed by atoms with van der Waals surface area (Å²) in [6.45, 7) is 3.71. The number of fused-ring (bicyclic) bond motifs is 1. The highest BCUT2D eigenvalue weighted by molar-refractivity contribution is 5.79. The second-order valence-electron chi connectivity index (χ2n) is 5.06. The van der Waals surface area contributed by atoms with E-state index in [1.165, 1.54) is 5.48 Å². The normalized spacial score (nSPS) is 10.7. The standard InChI is InChI=1S/C14H18N4O4/c1-8-5-9(2)18-10(3-4-13(20)21)14(16-11(18)6-8)15-7-12(19)17-22/h5-6,15,22H,3-4,7H2,1-2H3,(H,17,19)(H,20,21). The van der Waals surface area contributed by atoms with Crippen molar-refractivity contribution in [3.63, 3.8) is 0 Å². The molecular weight excluding hydrogens is 288 g/mol. The molecule has 0 atom stereocenters. The second kappa shape index (κ2) is 6.44. The van der Waals surface area contributed by atoms with Crippen molar-refractivity contribution in [1.82, 2.24) is 14.9 Å². The number of carbonyl (C=O) groups excluding carboxylic acids is 1. The SMILES string of the molecule is Cc1cc(C)n2c(CCC(=O)O)c(NCC(=O)NO)nc2c1. The first-order valence-electron chi connectivity index (χ1n) is 6.79. The molecule has 0 aliphatic rings. The zero-order valence-electron chi connectivity index (χ0n) is 12.4. The molecule has 0 spiro atoms. The van der Waals surface area contributed by atoms with E-state index in [2.05, 4.69) is 10.3 Å². The zero-order chi connectivity index (χ0) is 16.3. The summed E-state index contributed by atoms with van der Waals surface area (Å²) < 4.78 is 1.87. The Morgan fingerprint density at radius 3 is 2.68 bits per heavy atom. The van der Waals surface area contributed by atoms with Crippen LogP contribution in [0, 0.1) is 13.8 Å². The van der Waals surface area contributed by atoms with Crippen LogP contribution in [0.15, 0.2) is 12.1 Å². The Hall–Kier alpha value is -2.61. The Morgan fingerprint density at radius 1 is 1.32 bits per heavy atom. The minimum atomic E-state index is -0.904. The van der Waals surface area contributed by atoms with E-state index in [0.717, 1.165) is 11.3 Å². The molecule has 4 N–H and O–H groups in total. The molecule has 0 bridgehead atoms. The number of nitrogens with zero attached hydrogens (tertiary/aromatic N) is 2. The van der Waals surface area contributed by atoms with Gasteiger partial charge in [0.1, 0.15) is 11.5 Å². The molecule has 0 aliphatic carbocycles. The van der Waals surface area contributed by atoms with Gasteiger partial charge in [0.05, 0.1) is 18.7 Å². The van der Waals surface area contributed by atoms with Gasteiger partial charge in [-0.05, 0) is 31.5 Å². The number of hydroxylamine groups is 1. The first-order chi connectivity index (χ1) is 10.4. The Balaban J connectivity index is 2.43. The summed E-state index contributed by atoms with van der Waals surface area (Å²) >= 11 is 0. The largest absolute Gasteiger partial charge is 0.481 e. The quantitative estimate of drug-likeness (QED) is 0.465. The molecule has 0 fully saturated rings. The molecule has 0 radical (unpaired) electrons. The van der Waals surface area contributed by atoms with Crippen LogP contribution in [0.2, 0.25) is 0 Å². The molecule has 8 heteroatoms. The number of hydrogen-bond donors (Lipinski definition) is 4. The predicted octanol–water partition coefficient (Wildman–Crippen LogP) is 0.886. The third-order valence-electron chi connectivity index (χ3n) is 3.26. The van der Waals surface area contributed by atoms with Gasteiger partial charge in [-0.15, -0.1) is 0 Å². The average molecular weight is 306 g/mol. The number of hydrogen-bond acceptors (Lipinski definition) is 5. The first-order valence-corrected chi connectivity index (χ1v) is 6.79. The van der Waals surface area contributed by atoms with Gasteiger partial charge < -0.3 is 10.4 Å². The molecule has 0 aromatic carbocycles. The number of anilines is 1. The topological polar surface area (TPSA) is 116 Å². The summed E-state index contributed by atoms with van der Waals surface area (Å²) in [4.78, 5) is 26.4. The Bertz CT molecular complexity index is 723. The van der Waals surface area contributed by atoms with E-state index in [1.807, 2.05) is 30.4 Å². The highest BCUT2D eigenvalue weighted by Crippen LogP contribution is 2.22. The molecule has 2 aromatic heterocycles. The highest BCUT2D eigenvalue weighted by Gasteiger charge is 2.16. The molecular formula is C14H18N4O4. The molecule has 118 valence electrons. The molecule has 22 heavy (non-hydrogen) atoms. The molecule has 2 aromatic rings. The van der Waals surface area contributed by atoms with Gasteiger partial charge in [0.25, 0.3) is 5.91 Å². The van der Waals surface area contributed by atoms with Gasteiger partial charge in [0.2, 0.25) is 0 Å². The van der Waals surface area contributed by atoms with Crippen molar-refractivity contribution in [2.45, 2.75) is 26.7 Å². The summed E-state index contributed by atoms with van der Waals surface area (Å²) in [6, 6.07) is 3.86. The fraction of sp³-hybridized carbons (Fsp3) is 0.357. The highest BCUT2D eigenvalue weighted by atomic mass is 16.5. The summed E-state index contributed by atoms with van der Waals surface area (Å²) in [6.07, 6.45) is 0.242. The van der Waals surface area contributed by atoms with Gasteiger partial charge in [0.15, 0.2) is 0 Å². The minimum absolute atomic E-state index is 0.0397. The fourth-order valence-corrected chi connectivity index (χ4v) is 2.40. The number of carboxylic acid groups (broad SMARTS) is 1. The number of pyridine rings is 1. The Morgan fingerprint density at radius 2 is 2.05 bits per heavy atom. The Kier molecular flexibility index (Phi) is 4.62. The van der Waals surface area contributed by atoms with Crippen molar-refractivity contribution in [1.29, 1.82) is 0 Å². The number of carbonyl (C=O) groups is 2. The number of amides is 1. The summed E-state index contributed by atoms with van der Waals surface area (Å²) in [5.74, 6) is -1.06. The van der Waals surface area contributed by atoms with Gasteiger partial charge in [-0.2, -0.15) is 0 Å². The second-order valence-corrected chi connectivity index (χ2v) is 5.06. The zero-order valence-corrected chi connectivity index (χ0v) is 12.4. The van der Waals surface area contributed by atoms with Crippen LogP contribution in [0.1, 0.15) is 23.4 Å². The lowest BCUT2D eigenvalue weighted by Crippen LogP contribution is -2.27. The van der Waals surface area contributed by atoms with Gasteiger partial charge in [-0.3, -0.25) is 19.2 Å². The number of imidazole rings is 1. The number of aliphatic carboxylic acids is 1. The van der Waals surface area contributed by atoms with Gasteiger partial charge in [0, 0.05) is 12.1 Å². The number of carboxylic acids is 1.